The average Bonchev–Trinajstić information content (AvgIpc) is 2.51. The van der Waals surface area contributed by atoms with Crippen LogP contribution in [0.2, 0.25) is 0 Å². The molecule has 1 aromatic rings. The molecular weight excluding hydrogens is 256 g/mol. The summed E-state index contributed by atoms with van der Waals surface area (Å²) in [6.45, 7) is 8.00. The van der Waals surface area contributed by atoms with Crippen molar-refractivity contribution in [3.05, 3.63) is 35.5 Å². The van der Waals surface area contributed by atoms with Gasteiger partial charge in [-0.05, 0) is 23.8 Å². The highest BCUT2D eigenvalue weighted by molar-refractivity contribution is 6.01. The third kappa shape index (κ3) is 7.92. The Hall–Kier alpha value is -2.30. The Labute approximate surface area is 120 Å². The second-order valence-corrected chi connectivity index (χ2v) is 2.99. The molecule has 0 aliphatic carbocycles. The van der Waals surface area contributed by atoms with Gasteiger partial charge in [-0.1, -0.05) is 39.8 Å². The summed E-state index contributed by atoms with van der Waals surface area (Å²) in [4.78, 5) is 21.4. The van der Waals surface area contributed by atoms with E-state index in [4.69, 9.17) is 5.11 Å². The molecule has 0 aliphatic heterocycles. The minimum Gasteiger partial charge on any atom is -0.508 e. The Morgan fingerprint density at radius 3 is 2.00 bits per heavy atom. The lowest BCUT2D eigenvalue weighted by Gasteiger charge is -2.04. The molecule has 0 aliphatic rings. The number of amides is 2. The van der Waals surface area contributed by atoms with Gasteiger partial charge < -0.3 is 10.4 Å². The summed E-state index contributed by atoms with van der Waals surface area (Å²) in [6.07, 6.45) is 1.89. The maximum atomic E-state index is 11.3. The molecule has 2 amide bonds. The van der Waals surface area contributed by atoms with Crippen molar-refractivity contribution in [3.8, 4) is 5.75 Å². The summed E-state index contributed by atoms with van der Waals surface area (Å²) in [5.41, 5.74) is 1.00. The van der Waals surface area contributed by atoms with Gasteiger partial charge in [0.1, 0.15) is 11.4 Å². The lowest BCUT2D eigenvalue weighted by atomic mass is 10.2. The molecule has 0 atom stereocenters. The number of phenols is 1. The first kappa shape index (κ1) is 20.0. The molecule has 20 heavy (non-hydrogen) atoms. The molecular formula is C15H24N2O3. The zero-order valence-electron chi connectivity index (χ0n) is 12.7. The fourth-order valence-corrected chi connectivity index (χ4v) is 1.12. The van der Waals surface area contributed by atoms with E-state index in [1.807, 2.05) is 33.0 Å². The molecule has 0 bridgehead atoms. The summed E-state index contributed by atoms with van der Waals surface area (Å²) in [5, 5.41) is 13.8. The van der Waals surface area contributed by atoms with Crippen LogP contribution in [-0.2, 0) is 9.59 Å². The van der Waals surface area contributed by atoms with Gasteiger partial charge in [0.25, 0.3) is 5.91 Å². The molecule has 0 saturated carbocycles. The van der Waals surface area contributed by atoms with Crippen LogP contribution in [-0.4, -0.2) is 24.5 Å². The summed E-state index contributed by atoms with van der Waals surface area (Å²) in [6, 6.07) is 6.33. The van der Waals surface area contributed by atoms with Gasteiger partial charge >= 0.3 is 0 Å². The van der Waals surface area contributed by atoms with E-state index in [2.05, 4.69) is 5.32 Å². The van der Waals surface area contributed by atoms with E-state index in [0.717, 1.165) is 5.56 Å². The molecule has 5 heteroatoms. The van der Waals surface area contributed by atoms with Crippen LogP contribution in [0.3, 0.4) is 0 Å². The topological polar surface area (TPSA) is 78.4 Å². The van der Waals surface area contributed by atoms with E-state index in [1.165, 1.54) is 12.1 Å². The van der Waals surface area contributed by atoms with Crippen LogP contribution in [0.4, 0.5) is 0 Å². The Balaban J connectivity index is 0. The van der Waals surface area contributed by atoms with Crippen molar-refractivity contribution in [2.75, 3.05) is 7.05 Å². The standard InChI is InChI=1S/C11H12N2O3.2C2H6/c1-12-10(11(16)13-7-14)6-8-2-4-9(15)5-3-8;2*1-2/h2-7,12,15H,1H3,(H,13,14,16);2*1-2H3/b10-6-;;. The lowest BCUT2D eigenvalue weighted by molar-refractivity contribution is -0.122. The molecule has 1 rings (SSSR count). The first-order valence-electron chi connectivity index (χ1n) is 6.60. The van der Waals surface area contributed by atoms with E-state index in [0.29, 0.717) is 6.41 Å². The number of nitrogens with one attached hydrogen (secondary N) is 2. The third-order valence-electron chi connectivity index (χ3n) is 1.91. The van der Waals surface area contributed by atoms with Crippen molar-refractivity contribution in [1.82, 2.24) is 10.6 Å². The number of carbonyl (C=O) groups is 2. The molecule has 0 radical (unpaired) electrons. The summed E-state index contributed by atoms with van der Waals surface area (Å²) < 4.78 is 0. The minimum atomic E-state index is -0.509. The highest BCUT2D eigenvalue weighted by Gasteiger charge is 2.05. The van der Waals surface area contributed by atoms with Crippen LogP contribution < -0.4 is 10.6 Å². The number of likely N-dealkylation sites (N-methyl/N-ethyl adjacent to an activating group) is 1. The van der Waals surface area contributed by atoms with Gasteiger partial charge in [0.05, 0.1) is 0 Å². The first-order valence-corrected chi connectivity index (χ1v) is 6.60. The van der Waals surface area contributed by atoms with Crippen molar-refractivity contribution in [3.63, 3.8) is 0 Å². The SMILES string of the molecule is CC.CC.CN/C(=C\c1ccc(O)cc1)C(=O)NC=O. The number of imide groups is 1. The number of rotatable bonds is 4. The molecule has 0 heterocycles. The summed E-state index contributed by atoms with van der Waals surface area (Å²) >= 11 is 0. The number of hydrogen-bond acceptors (Lipinski definition) is 4. The Kier molecular flexibility index (Phi) is 13.2. The van der Waals surface area contributed by atoms with Gasteiger partial charge in [-0.3, -0.25) is 14.9 Å². The van der Waals surface area contributed by atoms with E-state index in [9.17, 15) is 9.59 Å². The summed E-state index contributed by atoms with van der Waals surface area (Å²) in [5.74, 6) is -0.355. The Morgan fingerprint density at radius 1 is 1.10 bits per heavy atom. The van der Waals surface area contributed by atoms with Crippen LogP contribution in [0.5, 0.6) is 5.75 Å². The zero-order valence-corrected chi connectivity index (χ0v) is 12.7. The predicted molar refractivity (Wildman–Crippen MR) is 82.0 cm³/mol. The second-order valence-electron chi connectivity index (χ2n) is 2.99. The highest BCUT2D eigenvalue weighted by Crippen LogP contribution is 2.11. The largest absolute Gasteiger partial charge is 0.508 e. The fourth-order valence-electron chi connectivity index (χ4n) is 1.12. The number of phenolic OH excluding ortho intramolecular Hbond substituents is 1. The molecule has 112 valence electrons. The van der Waals surface area contributed by atoms with Gasteiger partial charge in [0, 0.05) is 7.05 Å². The van der Waals surface area contributed by atoms with E-state index in [1.54, 1.807) is 25.3 Å². The molecule has 1 aromatic carbocycles. The van der Waals surface area contributed by atoms with Crippen molar-refractivity contribution >= 4 is 18.4 Å². The normalized spacial score (nSPS) is 9.15. The summed E-state index contributed by atoms with van der Waals surface area (Å²) in [7, 11) is 1.58. The first-order chi connectivity index (χ1) is 9.67. The zero-order chi connectivity index (χ0) is 16.0. The van der Waals surface area contributed by atoms with Crippen LogP contribution in [0, 0.1) is 0 Å². The number of benzene rings is 1. The Bertz CT molecular complexity index is 412. The monoisotopic (exact) mass is 280 g/mol. The van der Waals surface area contributed by atoms with Gasteiger partial charge in [0.2, 0.25) is 6.41 Å². The molecule has 3 N–H and O–H groups in total. The highest BCUT2D eigenvalue weighted by atomic mass is 16.3. The third-order valence-corrected chi connectivity index (χ3v) is 1.91. The number of carbonyl (C=O) groups excluding carboxylic acids is 2. The predicted octanol–water partition coefficient (Wildman–Crippen LogP) is 2.28. The molecule has 5 nitrogen and oxygen atoms in total. The van der Waals surface area contributed by atoms with Crippen molar-refractivity contribution in [2.24, 2.45) is 0 Å². The van der Waals surface area contributed by atoms with Crippen LogP contribution in [0.1, 0.15) is 33.3 Å². The molecule has 0 saturated heterocycles. The average molecular weight is 280 g/mol. The van der Waals surface area contributed by atoms with Crippen molar-refractivity contribution in [1.29, 1.82) is 0 Å². The molecule has 0 unspecified atom stereocenters. The van der Waals surface area contributed by atoms with Crippen LogP contribution in [0.15, 0.2) is 30.0 Å². The maximum absolute atomic E-state index is 11.3. The van der Waals surface area contributed by atoms with Gasteiger partial charge in [-0.15, -0.1) is 0 Å². The molecule has 0 spiro atoms. The van der Waals surface area contributed by atoms with Crippen molar-refractivity contribution in [2.45, 2.75) is 27.7 Å². The quantitative estimate of drug-likeness (QED) is 0.584. The molecule has 0 aromatic heterocycles. The number of aromatic hydroxyl groups is 1. The fraction of sp³-hybridized carbons (Fsp3) is 0.333. The van der Waals surface area contributed by atoms with Crippen molar-refractivity contribution < 1.29 is 14.7 Å². The van der Waals surface area contributed by atoms with Crippen LogP contribution >= 0.6 is 0 Å². The van der Waals surface area contributed by atoms with Gasteiger partial charge in [0.15, 0.2) is 0 Å². The Morgan fingerprint density at radius 2 is 1.60 bits per heavy atom. The van der Waals surface area contributed by atoms with Gasteiger partial charge in [-0.25, -0.2) is 0 Å². The minimum absolute atomic E-state index is 0.153. The number of hydrogen-bond donors (Lipinski definition) is 3. The van der Waals surface area contributed by atoms with E-state index >= 15 is 0 Å². The van der Waals surface area contributed by atoms with E-state index < -0.39 is 5.91 Å². The second kappa shape index (κ2) is 13.1. The van der Waals surface area contributed by atoms with Gasteiger partial charge in [-0.2, -0.15) is 0 Å². The molecule has 0 fully saturated rings. The van der Waals surface area contributed by atoms with E-state index in [-0.39, 0.29) is 11.4 Å². The maximum Gasteiger partial charge on any atom is 0.273 e. The van der Waals surface area contributed by atoms with Crippen LogP contribution in [0.25, 0.3) is 6.08 Å². The smallest absolute Gasteiger partial charge is 0.273 e. The lowest BCUT2D eigenvalue weighted by Crippen LogP contribution is -2.28.